The van der Waals surface area contributed by atoms with Crippen LogP contribution in [0.25, 0.3) is 11.1 Å². The Hall–Kier alpha value is -3.67. The van der Waals surface area contributed by atoms with E-state index in [0.29, 0.717) is 28.7 Å². The van der Waals surface area contributed by atoms with Gasteiger partial charge in [-0.15, -0.1) is 0 Å². The van der Waals surface area contributed by atoms with Gasteiger partial charge in [-0.3, -0.25) is 10.1 Å². The predicted octanol–water partition coefficient (Wildman–Crippen LogP) is 5.04. The molecule has 0 aliphatic rings. The summed E-state index contributed by atoms with van der Waals surface area (Å²) < 4.78 is 5.26. The highest BCUT2D eigenvalue weighted by atomic mass is 16.6. The first-order valence-corrected chi connectivity index (χ1v) is 9.23. The molecular formula is C23H21NO5. The molecule has 0 amide bonds. The van der Waals surface area contributed by atoms with Crippen molar-refractivity contribution in [2.45, 2.75) is 20.3 Å². The molecule has 0 spiro atoms. The van der Waals surface area contributed by atoms with E-state index in [4.69, 9.17) is 4.74 Å². The third kappa shape index (κ3) is 4.27. The van der Waals surface area contributed by atoms with E-state index in [1.807, 2.05) is 30.3 Å². The van der Waals surface area contributed by atoms with Crippen LogP contribution in [0.15, 0.2) is 60.7 Å². The summed E-state index contributed by atoms with van der Waals surface area (Å²) in [5, 5.41) is 21.6. The lowest BCUT2D eigenvalue weighted by atomic mass is 9.89. The van der Waals surface area contributed by atoms with Crippen LogP contribution in [0.2, 0.25) is 0 Å². The lowest BCUT2D eigenvalue weighted by molar-refractivity contribution is -0.384. The second-order valence-corrected chi connectivity index (χ2v) is 6.61. The zero-order valence-electron chi connectivity index (χ0n) is 16.2. The van der Waals surface area contributed by atoms with Gasteiger partial charge in [0.2, 0.25) is 0 Å². The lowest BCUT2D eigenvalue weighted by Crippen LogP contribution is -2.11. The minimum atomic E-state index is -0.458. The zero-order chi connectivity index (χ0) is 21.0. The van der Waals surface area contributed by atoms with Crippen LogP contribution in [0, 0.1) is 17.0 Å². The molecule has 0 unspecified atom stereocenters. The van der Waals surface area contributed by atoms with Crippen molar-refractivity contribution in [3.05, 3.63) is 93.0 Å². The summed E-state index contributed by atoms with van der Waals surface area (Å²) >= 11 is 0. The molecule has 0 heterocycles. The van der Waals surface area contributed by atoms with E-state index in [1.165, 1.54) is 12.1 Å². The second kappa shape index (κ2) is 8.56. The molecule has 3 rings (SSSR count). The molecule has 1 N–H and O–H groups in total. The Bertz CT molecular complexity index is 1040. The summed E-state index contributed by atoms with van der Waals surface area (Å²) in [6.07, 6.45) is 0.330. The van der Waals surface area contributed by atoms with Gasteiger partial charge in [-0.25, -0.2) is 4.79 Å². The van der Waals surface area contributed by atoms with Gasteiger partial charge in [0, 0.05) is 29.7 Å². The van der Waals surface area contributed by atoms with Gasteiger partial charge >= 0.3 is 5.97 Å². The molecule has 0 fully saturated rings. The number of ether oxygens (including phenoxy) is 1. The predicted molar refractivity (Wildman–Crippen MR) is 110 cm³/mol. The van der Waals surface area contributed by atoms with E-state index >= 15 is 0 Å². The highest BCUT2D eigenvalue weighted by Gasteiger charge is 2.22. The standard InChI is InChI=1S/C23H21NO5/c1-3-29-23(26)22-15(2)19(13-16-9-11-18(12-10-16)24(27)28)21(25)14-20(22)17-7-5-4-6-8-17/h4-12,14,25H,3,13H2,1-2H3. The van der Waals surface area contributed by atoms with Crippen LogP contribution in [0.1, 0.15) is 34.0 Å². The Morgan fingerprint density at radius 1 is 1.10 bits per heavy atom. The molecular weight excluding hydrogens is 370 g/mol. The van der Waals surface area contributed by atoms with E-state index in [0.717, 1.165) is 11.1 Å². The largest absolute Gasteiger partial charge is 0.508 e. The first-order chi connectivity index (χ1) is 13.9. The van der Waals surface area contributed by atoms with Crippen LogP contribution < -0.4 is 0 Å². The normalized spacial score (nSPS) is 10.6. The van der Waals surface area contributed by atoms with Gasteiger partial charge in [0.1, 0.15) is 5.75 Å². The number of esters is 1. The summed E-state index contributed by atoms with van der Waals surface area (Å²) in [7, 11) is 0. The van der Waals surface area contributed by atoms with Crippen molar-refractivity contribution in [1.29, 1.82) is 0 Å². The minimum absolute atomic E-state index is 0.00123. The van der Waals surface area contributed by atoms with Crippen molar-refractivity contribution in [2.24, 2.45) is 0 Å². The second-order valence-electron chi connectivity index (χ2n) is 6.61. The van der Waals surface area contributed by atoms with Crippen LogP contribution >= 0.6 is 0 Å². The molecule has 0 radical (unpaired) electrons. The number of non-ortho nitro benzene ring substituents is 1. The van der Waals surface area contributed by atoms with Gasteiger partial charge in [-0.1, -0.05) is 42.5 Å². The summed E-state index contributed by atoms with van der Waals surface area (Å²) in [5.41, 5.74) is 3.81. The average Bonchev–Trinajstić information content (AvgIpc) is 2.71. The van der Waals surface area contributed by atoms with E-state index in [1.54, 1.807) is 32.0 Å². The first-order valence-electron chi connectivity index (χ1n) is 9.23. The smallest absolute Gasteiger partial charge is 0.339 e. The molecule has 0 aromatic heterocycles. The van der Waals surface area contributed by atoms with Gasteiger partial charge < -0.3 is 9.84 Å². The third-order valence-corrected chi connectivity index (χ3v) is 4.78. The number of phenolic OH excluding ortho intramolecular Hbond substituents is 1. The number of phenols is 1. The average molecular weight is 391 g/mol. The molecule has 3 aromatic rings. The van der Waals surface area contributed by atoms with Crippen molar-refractivity contribution >= 4 is 11.7 Å². The minimum Gasteiger partial charge on any atom is -0.508 e. The maximum atomic E-state index is 12.7. The van der Waals surface area contributed by atoms with Crippen LogP contribution in [0.5, 0.6) is 5.75 Å². The van der Waals surface area contributed by atoms with Crippen molar-refractivity contribution in [3.63, 3.8) is 0 Å². The fourth-order valence-corrected chi connectivity index (χ4v) is 3.32. The molecule has 0 aliphatic heterocycles. The number of hydrogen-bond donors (Lipinski definition) is 1. The monoisotopic (exact) mass is 391 g/mol. The molecule has 0 saturated heterocycles. The molecule has 0 bridgehead atoms. The summed E-state index contributed by atoms with van der Waals surface area (Å²) in [5.74, 6) is -0.387. The van der Waals surface area contributed by atoms with Crippen molar-refractivity contribution in [2.75, 3.05) is 6.61 Å². The molecule has 148 valence electrons. The Morgan fingerprint density at radius 3 is 2.34 bits per heavy atom. The Kier molecular flexibility index (Phi) is 5.93. The van der Waals surface area contributed by atoms with Gasteiger partial charge in [0.15, 0.2) is 0 Å². The van der Waals surface area contributed by atoms with Gasteiger partial charge in [0.25, 0.3) is 5.69 Å². The molecule has 3 aromatic carbocycles. The van der Waals surface area contributed by atoms with Crippen LogP contribution in [0.3, 0.4) is 0 Å². The number of carbonyl (C=O) groups is 1. The quantitative estimate of drug-likeness (QED) is 0.361. The summed E-state index contributed by atoms with van der Waals surface area (Å²) in [6, 6.07) is 17.1. The van der Waals surface area contributed by atoms with Crippen LogP contribution in [-0.4, -0.2) is 22.6 Å². The number of benzene rings is 3. The number of nitro benzene ring substituents is 1. The lowest BCUT2D eigenvalue weighted by Gasteiger charge is -2.17. The maximum Gasteiger partial charge on any atom is 0.339 e. The Morgan fingerprint density at radius 2 is 1.76 bits per heavy atom. The van der Waals surface area contributed by atoms with E-state index in [9.17, 15) is 20.0 Å². The molecule has 0 saturated carbocycles. The first kappa shape index (κ1) is 20.1. The third-order valence-electron chi connectivity index (χ3n) is 4.78. The number of nitro groups is 1. The summed E-state index contributed by atoms with van der Waals surface area (Å²) in [6.45, 7) is 3.76. The number of aromatic hydroxyl groups is 1. The Labute approximate surface area is 168 Å². The zero-order valence-corrected chi connectivity index (χ0v) is 16.2. The van der Waals surface area contributed by atoms with Crippen molar-refractivity contribution < 1.29 is 19.6 Å². The highest BCUT2D eigenvalue weighted by molar-refractivity contribution is 5.99. The topological polar surface area (TPSA) is 89.7 Å². The molecule has 29 heavy (non-hydrogen) atoms. The Balaban J connectivity index is 2.10. The van der Waals surface area contributed by atoms with Gasteiger partial charge in [0.05, 0.1) is 17.1 Å². The fraction of sp³-hybridized carbons (Fsp3) is 0.174. The van der Waals surface area contributed by atoms with Crippen molar-refractivity contribution in [3.8, 4) is 16.9 Å². The van der Waals surface area contributed by atoms with Gasteiger partial charge in [-0.05, 0) is 36.6 Å². The number of hydrogen-bond acceptors (Lipinski definition) is 5. The molecule has 6 nitrogen and oxygen atoms in total. The highest BCUT2D eigenvalue weighted by Crippen LogP contribution is 2.36. The van der Waals surface area contributed by atoms with Crippen LogP contribution in [0.4, 0.5) is 5.69 Å². The van der Waals surface area contributed by atoms with E-state index < -0.39 is 10.9 Å². The number of nitrogens with zero attached hydrogens (tertiary/aromatic N) is 1. The van der Waals surface area contributed by atoms with E-state index in [2.05, 4.69) is 0 Å². The molecule has 6 heteroatoms. The van der Waals surface area contributed by atoms with Crippen molar-refractivity contribution in [1.82, 2.24) is 0 Å². The fourth-order valence-electron chi connectivity index (χ4n) is 3.32. The number of rotatable bonds is 6. The van der Waals surface area contributed by atoms with Crippen LogP contribution in [-0.2, 0) is 11.2 Å². The maximum absolute atomic E-state index is 12.7. The number of carbonyl (C=O) groups excluding carboxylic acids is 1. The SMILES string of the molecule is CCOC(=O)c1c(-c2ccccc2)cc(O)c(Cc2ccc([N+](=O)[O-])cc2)c1C. The molecule has 0 aliphatic carbocycles. The summed E-state index contributed by atoms with van der Waals surface area (Å²) in [4.78, 5) is 23.1. The molecule has 0 atom stereocenters. The van der Waals surface area contributed by atoms with Gasteiger partial charge in [-0.2, -0.15) is 0 Å². The van der Waals surface area contributed by atoms with E-state index in [-0.39, 0.29) is 18.0 Å².